The van der Waals surface area contributed by atoms with Crippen LogP contribution in [-0.2, 0) is 11.8 Å². The Morgan fingerprint density at radius 3 is 2.59 bits per heavy atom. The van der Waals surface area contributed by atoms with Crippen molar-refractivity contribution in [1.82, 2.24) is 20.4 Å². The Morgan fingerprint density at radius 1 is 1.32 bits per heavy atom. The van der Waals surface area contributed by atoms with E-state index >= 15 is 0 Å². The molecular weight excluding hydrogens is 276 g/mol. The maximum atomic E-state index is 12.5. The quantitative estimate of drug-likeness (QED) is 0.890. The Bertz CT molecular complexity index is 662. The Kier molecular flexibility index (Phi) is 4.98. The summed E-state index contributed by atoms with van der Waals surface area (Å²) < 4.78 is 1.69. The fourth-order valence-electron chi connectivity index (χ4n) is 2.72. The minimum absolute atomic E-state index is 0.0411. The van der Waals surface area contributed by atoms with E-state index < -0.39 is 6.04 Å². The molecule has 5 heteroatoms. The van der Waals surface area contributed by atoms with Gasteiger partial charge in [-0.2, -0.15) is 5.10 Å². The number of likely N-dealkylation sites (N-methyl/N-ethyl adjacent to an activating group) is 1. The van der Waals surface area contributed by atoms with E-state index in [1.54, 1.807) is 17.9 Å². The number of benzene rings is 1. The third-order valence-corrected chi connectivity index (χ3v) is 3.86. The summed E-state index contributed by atoms with van der Waals surface area (Å²) in [6, 6.07) is 5.84. The van der Waals surface area contributed by atoms with Crippen molar-refractivity contribution in [2.45, 2.75) is 32.9 Å². The van der Waals surface area contributed by atoms with Gasteiger partial charge in [0.25, 0.3) is 0 Å². The Balaban J connectivity index is 2.12. The van der Waals surface area contributed by atoms with Crippen LogP contribution in [0.3, 0.4) is 0 Å². The van der Waals surface area contributed by atoms with E-state index in [4.69, 9.17) is 0 Å². The van der Waals surface area contributed by atoms with Gasteiger partial charge < -0.3 is 10.6 Å². The van der Waals surface area contributed by atoms with Gasteiger partial charge in [-0.1, -0.05) is 23.8 Å². The SMILES string of the molecule is CNC(C(=O)NC(C)c1ccc(C)cc1C)c1cnn(C)c1. The predicted octanol–water partition coefficient (Wildman–Crippen LogP) is 2.17. The molecule has 0 fully saturated rings. The summed E-state index contributed by atoms with van der Waals surface area (Å²) in [6.45, 7) is 6.15. The third kappa shape index (κ3) is 3.54. The maximum absolute atomic E-state index is 12.5. The number of carbonyl (C=O) groups excluding carboxylic acids is 1. The van der Waals surface area contributed by atoms with E-state index in [1.807, 2.05) is 20.2 Å². The zero-order chi connectivity index (χ0) is 16.3. The highest BCUT2D eigenvalue weighted by Crippen LogP contribution is 2.20. The van der Waals surface area contributed by atoms with Gasteiger partial charge >= 0.3 is 0 Å². The largest absolute Gasteiger partial charge is 0.348 e. The second kappa shape index (κ2) is 6.75. The van der Waals surface area contributed by atoms with Crippen LogP contribution in [0.2, 0.25) is 0 Å². The van der Waals surface area contributed by atoms with Gasteiger partial charge in [-0.3, -0.25) is 9.48 Å². The first-order chi connectivity index (χ1) is 10.4. The van der Waals surface area contributed by atoms with Gasteiger partial charge in [0.2, 0.25) is 5.91 Å². The zero-order valence-electron chi connectivity index (χ0n) is 13.8. The molecule has 0 aliphatic carbocycles. The molecule has 2 unspecified atom stereocenters. The van der Waals surface area contributed by atoms with E-state index in [9.17, 15) is 4.79 Å². The normalized spacial score (nSPS) is 13.7. The molecule has 1 amide bonds. The number of nitrogens with zero attached hydrogens (tertiary/aromatic N) is 2. The van der Waals surface area contributed by atoms with Gasteiger partial charge in [0.1, 0.15) is 6.04 Å². The van der Waals surface area contributed by atoms with Crippen LogP contribution in [0.25, 0.3) is 0 Å². The third-order valence-electron chi connectivity index (χ3n) is 3.86. The molecule has 1 aromatic carbocycles. The van der Waals surface area contributed by atoms with Crippen LogP contribution in [0.15, 0.2) is 30.6 Å². The molecule has 118 valence electrons. The lowest BCUT2D eigenvalue weighted by molar-refractivity contribution is -0.123. The monoisotopic (exact) mass is 300 g/mol. The molecule has 2 rings (SSSR count). The van der Waals surface area contributed by atoms with E-state index in [1.165, 1.54) is 11.1 Å². The van der Waals surface area contributed by atoms with E-state index in [0.717, 1.165) is 11.1 Å². The summed E-state index contributed by atoms with van der Waals surface area (Å²) in [6.07, 6.45) is 3.56. The van der Waals surface area contributed by atoms with Crippen LogP contribution < -0.4 is 10.6 Å². The number of rotatable bonds is 5. The van der Waals surface area contributed by atoms with Crippen molar-refractivity contribution in [3.63, 3.8) is 0 Å². The fraction of sp³-hybridized carbons (Fsp3) is 0.412. The van der Waals surface area contributed by atoms with Crippen molar-refractivity contribution in [1.29, 1.82) is 0 Å². The molecule has 0 spiro atoms. The lowest BCUT2D eigenvalue weighted by Gasteiger charge is -2.21. The smallest absolute Gasteiger partial charge is 0.242 e. The highest BCUT2D eigenvalue weighted by Gasteiger charge is 2.22. The van der Waals surface area contributed by atoms with E-state index in [-0.39, 0.29) is 11.9 Å². The zero-order valence-corrected chi connectivity index (χ0v) is 13.8. The average molecular weight is 300 g/mol. The molecule has 1 aromatic heterocycles. The lowest BCUT2D eigenvalue weighted by Crippen LogP contribution is -2.37. The Labute approximate surface area is 131 Å². The van der Waals surface area contributed by atoms with Gasteiger partial charge in [-0.15, -0.1) is 0 Å². The molecule has 0 saturated heterocycles. The highest BCUT2D eigenvalue weighted by molar-refractivity contribution is 5.83. The van der Waals surface area contributed by atoms with Gasteiger partial charge in [-0.05, 0) is 38.9 Å². The van der Waals surface area contributed by atoms with Crippen LogP contribution in [-0.4, -0.2) is 22.7 Å². The van der Waals surface area contributed by atoms with E-state index in [0.29, 0.717) is 0 Å². The molecule has 5 nitrogen and oxygen atoms in total. The van der Waals surface area contributed by atoms with Gasteiger partial charge in [0, 0.05) is 18.8 Å². The first-order valence-corrected chi connectivity index (χ1v) is 7.45. The van der Waals surface area contributed by atoms with Gasteiger partial charge in [0.15, 0.2) is 0 Å². The average Bonchev–Trinajstić information content (AvgIpc) is 2.85. The van der Waals surface area contributed by atoms with Crippen molar-refractivity contribution in [3.05, 3.63) is 52.8 Å². The van der Waals surface area contributed by atoms with Crippen LogP contribution >= 0.6 is 0 Å². The van der Waals surface area contributed by atoms with Crippen molar-refractivity contribution in [3.8, 4) is 0 Å². The number of aryl methyl sites for hydroxylation is 3. The summed E-state index contributed by atoms with van der Waals surface area (Å²) in [7, 11) is 3.62. The first-order valence-electron chi connectivity index (χ1n) is 7.45. The lowest BCUT2D eigenvalue weighted by atomic mass is 10.00. The Morgan fingerprint density at radius 2 is 2.05 bits per heavy atom. The van der Waals surface area contributed by atoms with Crippen LogP contribution in [0.4, 0.5) is 0 Å². The fourth-order valence-corrected chi connectivity index (χ4v) is 2.72. The van der Waals surface area contributed by atoms with Crippen molar-refractivity contribution in [2.24, 2.45) is 7.05 Å². The van der Waals surface area contributed by atoms with E-state index in [2.05, 4.69) is 47.8 Å². The number of hydrogen-bond acceptors (Lipinski definition) is 3. The molecular formula is C17H24N4O. The molecule has 0 bridgehead atoms. The maximum Gasteiger partial charge on any atom is 0.242 e. The summed E-state index contributed by atoms with van der Waals surface area (Å²) in [5.74, 6) is -0.0528. The first kappa shape index (κ1) is 16.2. The Hall–Kier alpha value is -2.14. The van der Waals surface area contributed by atoms with Crippen LogP contribution in [0.5, 0.6) is 0 Å². The minimum Gasteiger partial charge on any atom is -0.348 e. The topological polar surface area (TPSA) is 59.0 Å². The summed E-state index contributed by atoms with van der Waals surface area (Å²) in [5, 5.41) is 10.2. The molecule has 0 aliphatic rings. The summed E-state index contributed by atoms with van der Waals surface area (Å²) >= 11 is 0. The van der Waals surface area contributed by atoms with Crippen molar-refractivity contribution < 1.29 is 4.79 Å². The molecule has 2 aromatic rings. The molecule has 1 heterocycles. The molecule has 0 aliphatic heterocycles. The number of nitrogens with one attached hydrogen (secondary N) is 2. The second-order valence-electron chi connectivity index (χ2n) is 5.76. The second-order valence-corrected chi connectivity index (χ2v) is 5.76. The molecule has 2 atom stereocenters. The number of hydrogen-bond donors (Lipinski definition) is 2. The summed E-state index contributed by atoms with van der Waals surface area (Å²) in [5.41, 5.74) is 4.41. The molecule has 2 N–H and O–H groups in total. The number of aromatic nitrogens is 2. The number of amides is 1. The molecule has 0 saturated carbocycles. The highest BCUT2D eigenvalue weighted by atomic mass is 16.2. The van der Waals surface area contributed by atoms with Gasteiger partial charge in [0.05, 0.1) is 12.2 Å². The van der Waals surface area contributed by atoms with Crippen molar-refractivity contribution >= 4 is 5.91 Å². The predicted molar refractivity (Wildman–Crippen MR) is 87.5 cm³/mol. The minimum atomic E-state index is -0.401. The van der Waals surface area contributed by atoms with Crippen LogP contribution in [0, 0.1) is 13.8 Å². The molecule has 0 radical (unpaired) electrons. The van der Waals surface area contributed by atoms with Gasteiger partial charge in [-0.25, -0.2) is 0 Å². The standard InChI is InChI=1S/C17H24N4O/c1-11-6-7-15(12(2)8-11)13(3)20-17(22)16(18-4)14-9-19-21(5)10-14/h6-10,13,16,18H,1-5H3,(H,20,22). The number of carbonyl (C=O) groups is 1. The summed E-state index contributed by atoms with van der Waals surface area (Å²) in [4.78, 5) is 12.5. The van der Waals surface area contributed by atoms with Crippen LogP contribution in [0.1, 0.15) is 41.3 Å². The molecule has 22 heavy (non-hydrogen) atoms. The van der Waals surface area contributed by atoms with Crippen molar-refractivity contribution in [2.75, 3.05) is 7.05 Å².